The number of hydrogen-bond acceptors (Lipinski definition) is 5. The molecule has 4 nitrogen and oxygen atoms in total. The number of nitrogens with zero attached hydrogens (tertiary/aromatic N) is 1. The number of rotatable bonds is 4. The lowest BCUT2D eigenvalue weighted by Crippen LogP contribution is -2.10. The number of halogens is 3. The van der Waals surface area contributed by atoms with E-state index in [1.807, 2.05) is 13.8 Å². The molecule has 0 atom stereocenters. The summed E-state index contributed by atoms with van der Waals surface area (Å²) in [5.74, 6) is -2.55. The summed E-state index contributed by atoms with van der Waals surface area (Å²) in [6.07, 6.45) is 0. The van der Waals surface area contributed by atoms with Crippen molar-refractivity contribution in [2.75, 3.05) is 12.8 Å². The van der Waals surface area contributed by atoms with Crippen molar-refractivity contribution in [2.24, 2.45) is 0 Å². The summed E-state index contributed by atoms with van der Waals surface area (Å²) in [4.78, 5) is 16.2. The highest BCUT2D eigenvalue weighted by atomic mass is 35.5. The summed E-state index contributed by atoms with van der Waals surface area (Å²) in [5, 5.41) is -0.0993. The normalized spacial score (nSPS) is 11.0. The van der Waals surface area contributed by atoms with Crippen LogP contribution in [0.4, 0.5) is 14.5 Å². The van der Waals surface area contributed by atoms with Gasteiger partial charge in [-0.25, -0.2) is 18.6 Å². The molecule has 0 saturated heterocycles. The van der Waals surface area contributed by atoms with Gasteiger partial charge in [0, 0.05) is 15.7 Å². The first-order chi connectivity index (χ1) is 11.3. The molecule has 1 aromatic heterocycles. The van der Waals surface area contributed by atoms with Crippen molar-refractivity contribution in [3.63, 3.8) is 0 Å². The van der Waals surface area contributed by atoms with Crippen molar-refractivity contribution in [1.29, 1.82) is 0 Å². The van der Waals surface area contributed by atoms with Crippen LogP contribution >= 0.6 is 23.4 Å². The predicted molar refractivity (Wildman–Crippen MR) is 91.3 cm³/mol. The van der Waals surface area contributed by atoms with Crippen LogP contribution in [0.5, 0.6) is 0 Å². The average molecular weight is 373 g/mol. The monoisotopic (exact) mass is 372 g/mol. The maximum atomic E-state index is 14.4. The second-order valence-corrected chi connectivity index (χ2v) is 7.18. The molecule has 0 saturated carbocycles. The second kappa shape index (κ2) is 7.36. The number of esters is 1. The second-order valence-electron chi connectivity index (χ2n) is 5.15. The van der Waals surface area contributed by atoms with Gasteiger partial charge in [-0.05, 0) is 18.2 Å². The number of nitrogens with two attached hydrogens (primary N) is 1. The van der Waals surface area contributed by atoms with Crippen molar-refractivity contribution in [3.05, 3.63) is 40.6 Å². The molecule has 0 aliphatic heterocycles. The van der Waals surface area contributed by atoms with E-state index in [4.69, 9.17) is 17.3 Å². The third kappa shape index (κ3) is 3.62. The number of pyridine rings is 1. The summed E-state index contributed by atoms with van der Waals surface area (Å²) in [6, 6.07) is 4.32. The minimum absolute atomic E-state index is 0.117. The van der Waals surface area contributed by atoms with Gasteiger partial charge >= 0.3 is 5.97 Å². The fraction of sp³-hybridized carbons (Fsp3) is 0.250. The Hall–Kier alpha value is -1.86. The number of methoxy groups -OCH3 is 1. The number of carbonyl (C=O) groups excluding carboxylic acids is 1. The third-order valence-electron chi connectivity index (χ3n) is 3.06. The van der Waals surface area contributed by atoms with Crippen LogP contribution in [0, 0.1) is 11.6 Å². The topological polar surface area (TPSA) is 65.2 Å². The van der Waals surface area contributed by atoms with Crippen molar-refractivity contribution in [3.8, 4) is 11.3 Å². The molecular formula is C16H15ClF2N2O2S. The molecule has 8 heteroatoms. The quantitative estimate of drug-likeness (QED) is 0.630. The van der Waals surface area contributed by atoms with Crippen LogP contribution in [-0.4, -0.2) is 23.3 Å². The molecule has 2 rings (SSSR count). The minimum Gasteiger partial charge on any atom is -0.464 e. The first kappa shape index (κ1) is 18.5. The molecule has 0 unspecified atom stereocenters. The molecule has 2 aromatic rings. The predicted octanol–water partition coefficient (Wildman–Crippen LogP) is 4.55. The Morgan fingerprint density at radius 2 is 2.04 bits per heavy atom. The standard InChI is InChI=1S/C16H15ClF2N2O2S/c1-7(2)24-8-4-5-9(10(18)6-8)14-12(19)13(20)11(17)15(21-14)16(22)23-3/h4-7H,1-3H3,(H2,20,21). The number of anilines is 1. The van der Waals surface area contributed by atoms with Gasteiger partial charge in [0.2, 0.25) is 0 Å². The lowest BCUT2D eigenvalue weighted by molar-refractivity contribution is 0.0594. The minimum atomic E-state index is -0.990. The Balaban J connectivity index is 2.60. The zero-order valence-electron chi connectivity index (χ0n) is 13.2. The van der Waals surface area contributed by atoms with E-state index in [2.05, 4.69) is 9.72 Å². The van der Waals surface area contributed by atoms with Crippen LogP contribution in [0.2, 0.25) is 5.02 Å². The Bertz CT molecular complexity index is 800. The lowest BCUT2D eigenvalue weighted by atomic mass is 10.1. The number of nitrogen functional groups attached to an aromatic ring is 1. The van der Waals surface area contributed by atoms with Crippen LogP contribution < -0.4 is 5.73 Å². The SMILES string of the molecule is COC(=O)c1nc(-c2ccc(SC(C)C)cc2F)c(F)c(N)c1Cl. The van der Waals surface area contributed by atoms with E-state index in [1.165, 1.54) is 23.9 Å². The lowest BCUT2D eigenvalue weighted by Gasteiger charge is -2.12. The van der Waals surface area contributed by atoms with Gasteiger partial charge in [-0.3, -0.25) is 0 Å². The fourth-order valence-corrected chi connectivity index (χ4v) is 3.07. The van der Waals surface area contributed by atoms with Crippen molar-refractivity contribution in [1.82, 2.24) is 4.98 Å². The van der Waals surface area contributed by atoms with Crippen molar-refractivity contribution in [2.45, 2.75) is 24.0 Å². The molecule has 0 amide bonds. The Morgan fingerprint density at radius 1 is 1.38 bits per heavy atom. The zero-order valence-corrected chi connectivity index (χ0v) is 14.8. The largest absolute Gasteiger partial charge is 0.464 e. The van der Waals surface area contributed by atoms with Gasteiger partial charge in [0.15, 0.2) is 11.5 Å². The van der Waals surface area contributed by atoms with Crippen LogP contribution in [0.15, 0.2) is 23.1 Å². The summed E-state index contributed by atoms with van der Waals surface area (Å²) >= 11 is 7.29. The number of hydrogen-bond donors (Lipinski definition) is 1. The third-order valence-corrected chi connectivity index (χ3v) is 4.44. The maximum absolute atomic E-state index is 14.4. The van der Waals surface area contributed by atoms with E-state index in [1.54, 1.807) is 6.07 Å². The van der Waals surface area contributed by atoms with E-state index < -0.39 is 29.0 Å². The highest BCUT2D eigenvalue weighted by Gasteiger charge is 2.24. The first-order valence-corrected chi connectivity index (χ1v) is 8.21. The van der Waals surface area contributed by atoms with E-state index in [0.29, 0.717) is 4.90 Å². The first-order valence-electron chi connectivity index (χ1n) is 6.95. The molecule has 0 radical (unpaired) electrons. The molecule has 0 bridgehead atoms. The Morgan fingerprint density at radius 3 is 2.58 bits per heavy atom. The van der Waals surface area contributed by atoms with Crippen LogP contribution in [0.1, 0.15) is 24.3 Å². The number of ether oxygens (including phenoxy) is 1. The molecule has 0 spiro atoms. The molecular weight excluding hydrogens is 358 g/mol. The van der Waals surface area contributed by atoms with Crippen LogP contribution in [0.3, 0.4) is 0 Å². The molecule has 1 heterocycles. The van der Waals surface area contributed by atoms with Gasteiger partial charge in [0.05, 0.1) is 17.8 Å². The summed E-state index contributed by atoms with van der Waals surface area (Å²) in [7, 11) is 1.12. The van der Waals surface area contributed by atoms with Crippen molar-refractivity contribution < 1.29 is 18.3 Å². The molecule has 0 fully saturated rings. The number of thioether (sulfide) groups is 1. The molecule has 1 aromatic carbocycles. The van der Waals surface area contributed by atoms with E-state index in [9.17, 15) is 13.6 Å². The van der Waals surface area contributed by atoms with Crippen LogP contribution in [0.25, 0.3) is 11.3 Å². The summed E-state index contributed by atoms with van der Waals surface area (Å²) < 4.78 is 33.3. The fourth-order valence-electron chi connectivity index (χ4n) is 2.01. The van der Waals surface area contributed by atoms with Gasteiger partial charge < -0.3 is 10.5 Å². The van der Waals surface area contributed by atoms with E-state index in [-0.39, 0.29) is 21.5 Å². The van der Waals surface area contributed by atoms with Gasteiger partial charge in [-0.1, -0.05) is 25.4 Å². The highest BCUT2D eigenvalue weighted by Crippen LogP contribution is 2.35. The van der Waals surface area contributed by atoms with E-state index in [0.717, 1.165) is 7.11 Å². The van der Waals surface area contributed by atoms with Crippen molar-refractivity contribution >= 4 is 35.0 Å². The number of carbonyl (C=O) groups is 1. The highest BCUT2D eigenvalue weighted by molar-refractivity contribution is 7.99. The van der Waals surface area contributed by atoms with Gasteiger partial charge in [-0.15, -0.1) is 11.8 Å². The Labute approximate surface area is 147 Å². The molecule has 0 aliphatic rings. The van der Waals surface area contributed by atoms with Crippen LogP contribution in [-0.2, 0) is 4.74 Å². The summed E-state index contributed by atoms with van der Waals surface area (Å²) in [5.41, 5.74) is 4.22. The Kier molecular flexibility index (Phi) is 5.66. The molecule has 128 valence electrons. The zero-order chi connectivity index (χ0) is 18.0. The van der Waals surface area contributed by atoms with Gasteiger partial charge in [-0.2, -0.15) is 0 Å². The van der Waals surface area contributed by atoms with E-state index >= 15 is 0 Å². The number of benzene rings is 1. The number of aromatic nitrogens is 1. The molecule has 0 aliphatic carbocycles. The van der Waals surface area contributed by atoms with Gasteiger partial charge in [0.1, 0.15) is 11.5 Å². The summed E-state index contributed by atoms with van der Waals surface area (Å²) in [6.45, 7) is 3.94. The average Bonchev–Trinajstić information content (AvgIpc) is 2.52. The molecule has 2 N–H and O–H groups in total. The smallest absolute Gasteiger partial charge is 0.358 e. The molecule has 24 heavy (non-hydrogen) atoms. The maximum Gasteiger partial charge on any atom is 0.358 e. The van der Waals surface area contributed by atoms with Gasteiger partial charge in [0.25, 0.3) is 0 Å².